The van der Waals surface area contributed by atoms with E-state index in [0.29, 0.717) is 0 Å². The first-order valence-electron chi connectivity index (χ1n) is 7.13. The van der Waals surface area contributed by atoms with Crippen molar-refractivity contribution in [3.8, 4) is 0 Å². The van der Waals surface area contributed by atoms with Gasteiger partial charge in [-0.25, -0.2) is 4.99 Å². The van der Waals surface area contributed by atoms with Crippen LogP contribution in [0.3, 0.4) is 0 Å². The van der Waals surface area contributed by atoms with E-state index >= 15 is 0 Å². The number of benzene rings is 3. The van der Waals surface area contributed by atoms with Crippen molar-refractivity contribution in [2.75, 3.05) is 5.32 Å². The molecule has 0 heterocycles. The van der Waals surface area contributed by atoms with E-state index in [-0.39, 0.29) is 0 Å². The second kappa shape index (κ2) is 7.92. The van der Waals surface area contributed by atoms with Gasteiger partial charge in [0.05, 0.1) is 5.69 Å². The molecular weight excluding hydrogens is 510 g/mol. The standard InChI is InChI=1S/C19H14I2N2/c20-15-6-10-17(11-7-15)22-19(14-4-2-1-3-5-14)23-18-12-8-16(21)9-13-18/h1-13H,(H,22,23). The van der Waals surface area contributed by atoms with Crippen LogP contribution in [0.1, 0.15) is 5.56 Å². The Morgan fingerprint density at radius 3 is 1.87 bits per heavy atom. The monoisotopic (exact) mass is 524 g/mol. The van der Waals surface area contributed by atoms with Crippen molar-refractivity contribution in [2.24, 2.45) is 4.99 Å². The van der Waals surface area contributed by atoms with Crippen molar-refractivity contribution < 1.29 is 0 Å². The van der Waals surface area contributed by atoms with Crippen LogP contribution in [0.25, 0.3) is 0 Å². The predicted molar refractivity (Wildman–Crippen MR) is 115 cm³/mol. The van der Waals surface area contributed by atoms with Crippen LogP contribution in [0.15, 0.2) is 83.9 Å². The number of anilines is 1. The van der Waals surface area contributed by atoms with E-state index in [1.165, 1.54) is 7.14 Å². The predicted octanol–water partition coefficient (Wildman–Crippen LogP) is 6.09. The molecule has 0 saturated heterocycles. The van der Waals surface area contributed by atoms with E-state index in [9.17, 15) is 0 Å². The fraction of sp³-hybridized carbons (Fsp3) is 0. The summed E-state index contributed by atoms with van der Waals surface area (Å²) in [6, 6.07) is 26.6. The molecule has 4 heteroatoms. The van der Waals surface area contributed by atoms with Crippen molar-refractivity contribution >= 4 is 62.4 Å². The largest absolute Gasteiger partial charge is 0.340 e. The Labute approximate surface area is 163 Å². The van der Waals surface area contributed by atoms with E-state index in [1.54, 1.807) is 0 Å². The zero-order valence-corrected chi connectivity index (χ0v) is 16.5. The van der Waals surface area contributed by atoms with Crippen LogP contribution in [0, 0.1) is 7.14 Å². The highest BCUT2D eigenvalue weighted by atomic mass is 127. The summed E-state index contributed by atoms with van der Waals surface area (Å²) in [6.45, 7) is 0. The Kier molecular flexibility index (Phi) is 5.66. The summed E-state index contributed by atoms with van der Waals surface area (Å²) in [5, 5.41) is 3.43. The van der Waals surface area contributed by atoms with Crippen molar-refractivity contribution in [2.45, 2.75) is 0 Å². The molecule has 0 fully saturated rings. The van der Waals surface area contributed by atoms with Gasteiger partial charge in [0.2, 0.25) is 0 Å². The number of amidine groups is 1. The highest BCUT2D eigenvalue weighted by Gasteiger charge is 2.04. The zero-order chi connectivity index (χ0) is 16.1. The molecule has 0 spiro atoms. The summed E-state index contributed by atoms with van der Waals surface area (Å²) < 4.78 is 2.41. The summed E-state index contributed by atoms with van der Waals surface area (Å²) in [6.07, 6.45) is 0. The Morgan fingerprint density at radius 1 is 0.696 bits per heavy atom. The minimum atomic E-state index is 0.841. The molecule has 3 rings (SSSR count). The number of rotatable bonds is 3. The summed E-state index contributed by atoms with van der Waals surface area (Å²) in [5.41, 5.74) is 3.02. The van der Waals surface area contributed by atoms with Gasteiger partial charge in [-0.15, -0.1) is 0 Å². The molecule has 3 aromatic rings. The molecule has 3 aromatic carbocycles. The van der Waals surface area contributed by atoms with Gasteiger partial charge in [0.25, 0.3) is 0 Å². The Hall–Kier alpha value is -1.41. The maximum atomic E-state index is 4.79. The lowest BCUT2D eigenvalue weighted by atomic mass is 10.2. The lowest BCUT2D eigenvalue weighted by molar-refractivity contribution is 1.45. The second-order valence-electron chi connectivity index (χ2n) is 4.93. The summed E-state index contributed by atoms with van der Waals surface area (Å²) >= 11 is 4.60. The van der Waals surface area contributed by atoms with Gasteiger partial charge in [0.1, 0.15) is 5.84 Å². The topological polar surface area (TPSA) is 24.4 Å². The maximum absolute atomic E-state index is 4.79. The molecule has 0 atom stereocenters. The van der Waals surface area contributed by atoms with Crippen LogP contribution in [0.4, 0.5) is 11.4 Å². The van der Waals surface area contributed by atoms with Gasteiger partial charge in [-0.2, -0.15) is 0 Å². The highest BCUT2D eigenvalue weighted by Crippen LogP contribution is 2.18. The van der Waals surface area contributed by atoms with Gasteiger partial charge in [-0.05, 0) is 93.7 Å². The number of hydrogen-bond donors (Lipinski definition) is 1. The second-order valence-corrected chi connectivity index (χ2v) is 7.43. The Morgan fingerprint density at radius 2 is 1.26 bits per heavy atom. The number of aliphatic imine (C=N–C) groups is 1. The van der Waals surface area contributed by atoms with Crippen molar-refractivity contribution in [1.29, 1.82) is 0 Å². The van der Waals surface area contributed by atoms with E-state index in [1.807, 2.05) is 30.3 Å². The molecule has 0 saturated carbocycles. The molecule has 1 N–H and O–H groups in total. The molecule has 0 amide bonds. The summed E-state index contributed by atoms with van der Waals surface area (Å²) in [4.78, 5) is 4.79. The normalized spacial score (nSPS) is 11.3. The first-order chi connectivity index (χ1) is 11.2. The minimum absolute atomic E-state index is 0.841. The third-order valence-corrected chi connectivity index (χ3v) is 4.66. The van der Waals surface area contributed by atoms with E-state index in [0.717, 1.165) is 22.8 Å². The molecule has 114 valence electrons. The Balaban J connectivity index is 1.96. The third kappa shape index (κ3) is 4.78. The molecule has 0 aliphatic carbocycles. The zero-order valence-electron chi connectivity index (χ0n) is 12.2. The van der Waals surface area contributed by atoms with Gasteiger partial charge >= 0.3 is 0 Å². The van der Waals surface area contributed by atoms with Crippen LogP contribution >= 0.6 is 45.2 Å². The first-order valence-corrected chi connectivity index (χ1v) is 9.29. The molecule has 0 radical (unpaired) electrons. The van der Waals surface area contributed by atoms with Gasteiger partial charge in [-0.3, -0.25) is 0 Å². The molecular formula is C19H14I2N2. The van der Waals surface area contributed by atoms with Gasteiger partial charge in [0, 0.05) is 18.4 Å². The molecule has 0 aliphatic heterocycles. The molecule has 0 aliphatic rings. The van der Waals surface area contributed by atoms with E-state index in [4.69, 9.17) is 4.99 Å². The van der Waals surface area contributed by atoms with Gasteiger partial charge in [-0.1, -0.05) is 30.3 Å². The van der Waals surface area contributed by atoms with Crippen molar-refractivity contribution in [1.82, 2.24) is 0 Å². The molecule has 0 unspecified atom stereocenters. The molecule has 0 bridgehead atoms. The first kappa shape index (κ1) is 16.4. The van der Waals surface area contributed by atoms with E-state index < -0.39 is 0 Å². The lowest BCUT2D eigenvalue weighted by Gasteiger charge is -2.11. The van der Waals surface area contributed by atoms with Gasteiger partial charge in [0.15, 0.2) is 0 Å². The SMILES string of the molecule is Ic1ccc(N=C(Nc2ccc(I)cc2)c2ccccc2)cc1. The van der Waals surface area contributed by atoms with Crippen LogP contribution in [0.5, 0.6) is 0 Å². The lowest BCUT2D eigenvalue weighted by Crippen LogP contribution is -2.13. The van der Waals surface area contributed by atoms with Crippen LogP contribution in [-0.2, 0) is 0 Å². The van der Waals surface area contributed by atoms with Crippen LogP contribution in [0.2, 0.25) is 0 Å². The van der Waals surface area contributed by atoms with Crippen molar-refractivity contribution in [3.63, 3.8) is 0 Å². The number of nitrogens with zero attached hydrogens (tertiary/aromatic N) is 1. The Bertz CT molecular complexity index is 795. The number of halogens is 2. The van der Waals surface area contributed by atoms with Crippen molar-refractivity contribution in [3.05, 3.63) is 91.6 Å². The quantitative estimate of drug-likeness (QED) is 0.251. The summed E-state index contributed by atoms with van der Waals surface area (Å²) in [7, 11) is 0. The minimum Gasteiger partial charge on any atom is -0.340 e. The van der Waals surface area contributed by atoms with Crippen LogP contribution in [-0.4, -0.2) is 5.84 Å². The number of nitrogens with one attached hydrogen (secondary N) is 1. The smallest absolute Gasteiger partial charge is 0.138 e. The maximum Gasteiger partial charge on any atom is 0.138 e. The highest BCUT2D eigenvalue weighted by molar-refractivity contribution is 14.1. The molecule has 23 heavy (non-hydrogen) atoms. The molecule has 0 aromatic heterocycles. The third-order valence-electron chi connectivity index (χ3n) is 3.22. The van der Waals surface area contributed by atoms with Crippen LogP contribution < -0.4 is 5.32 Å². The number of hydrogen-bond acceptors (Lipinski definition) is 1. The molecule has 2 nitrogen and oxygen atoms in total. The van der Waals surface area contributed by atoms with E-state index in [2.05, 4.69) is 99.0 Å². The average Bonchev–Trinajstić information content (AvgIpc) is 2.59. The fourth-order valence-corrected chi connectivity index (χ4v) is 2.79. The summed E-state index contributed by atoms with van der Waals surface area (Å²) in [5.74, 6) is 0.841. The van der Waals surface area contributed by atoms with Gasteiger partial charge < -0.3 is 5.32 Å². The fourth-order valence-electron chi connectivity index (χ4n) is 2.08. The average molecular weight is 524 g/mol.